The van der Waals surface area contributed by atoms with Crippen LogP contribution in [-0.2, 0) is 25.9 Å². The van der Waals surface area contributed by atoms with E-state index in [1.807, 2.05) is 12.1 Å². The largest absolute Gasteiger partial charge is 0.496 e. The number of aromatic nitrogens is 2. The first-order valence-corrected chi connectivity index (χ1v) is 11.6. The maximum absolute atomic E-state index is 12.8. The van der Waals surface area contributed by atoms with Crippen LogP contribution in [0.15, 0.2) is 29.1 Å². The van der Waals surface area contributed by atoms with E-state index in [-0.39, 0.29) is 5.56 Å². The summed E-state index contributed by atoms with van der Waals surface area (Å²) < 4.78 is 5.49. The zero-order valence-corrected chi connectivity index (χ0v) is 18.3. The Labute approximate surface area is 180 Å². The van der Waals surface area contributed by atoms with E-state index in [4.69, 9.17) is 9.72 Å². The molecule has 30 heavy (non-hydrogen) atoms. The van der Waals surface area contributed by atoms with Gasteiger partial charge in [-0.3, -0.25) is 14.6 Å². The molecule has 1 aliphatic heterocycles. The molecule has 0 spiro atoms. The number of aryl methyl sites for hydroxylation is 2. The van der Waals surface area contributed by atoms with Gasteiger partial charge in [-0.2, -0.15) is 0 Å². The average molecular weight is 425 g/mol. The van der Waals surface area contributed by atoms with E-state index in [2.05, 4.69) is 26.9 Å². The number of H-pyrrole nitrogens is 1. The van der Waals surface area contributed by atoms with Crippen LogP contribution < -0.4 is 10.3 Å². The van der Waals surface area contributed by atoms with Crippen molar-refractivity contribution in [1.82, 2.24) is 19.8 Å². The van der Waals surface area contributed by atoms with Crippen molar-refractivity contribution in [1.29, 1.82) is 0 Å². The van der Waals surface area contributed by atoms with Gasteiger partial charge in [-0.15, -0.1) is 11.3 Å². The molecule has 3 aromatic rings. The maximum Gasteiger partial charge on any atom is 0.259 e. The molecule has 6 nitrogen and oxygen atoms in total. The van der Waals surface area contributed by atoms with E-state index in [1.165, 1.54) is 28.8 Å². The molecule has 2 aliphatic rings. The van der Waals surface area contributed by atoms with Crippen LogP contribution in [0.4, 0.5) is 0 Å². The zero-order chi connectivity index (χ0) is 20.5. The molecule has 1 aromatic carbocycles. The Hall–Kier alpha value is -2.22. The summed E-state index contributed by atoms with van der Waals surface area (Å²) in [5.41, 5.74) is 2.53. The number of aromatic amines is 1. The summed E-state index contributed by atoms with van der Waals surface area (Å²) in [6, 6.07) is 8.23. The van der Waals surface area contributed by atoms with Gasteiger partial charge in [0.15, 0.2) is 0 Å². The fraction of sp³-hybridized carbons (Fsp3) is 0.478. The van der Waals surface area contributed by atoms with E-state index in [1.54, 1.807) is 18.4 Å². The highest BCUT2D eigenvalue weighted by atomic mass is 32.1. The lowest BCUT2D eigenvalue weighted by atomic mass is 9.97. The normalized spacial score (nSPS) is 17.9. The molecule has 1 fully saturated rings. The summed E-state index contributed by atoms with van der Waals surface area (Å²) >= 11 is 1.73. The Bertz CT molecular complexity index is 1100. The first kappa shape index (κ1) is 19.7. The number of piperazine rings is 1. The van der Waals surface area contributed by atoms with Crippen LogP contribution in [0.5, 0.6) is 5.75 Å². The predicted molar refractivity (Wildman–Crippen MR) is 120 cm³/mol. The highest BCUT2D eigenvalue weighted by Crippen LogP contribution is 2.33. The third kappa shape index (κ3) is 3.89. The molecule has 3 heterocycles. The monoisotopic (exact) mass is 424 g/mol. The van der Waals surface area contributed by atoms with Crippen LogP contribution in [0.3, 0.4) is 0 Å². The standard InChI is InChI=1S/C23H28N4O2S/c1-29-18-8-4-2-6-16(18)14-26-10-12-27(13-11-26)15-20-24-22(28)21-17-7-3-5-9-19(17)30-23(21)25-20/h2,4,6,8H,3,5,7,9-15H2,1H3,(H,24,25,28). The number of rotatable bonds is 5. The van der Waals surface area contributed by atoms with Gasteiger partial charge in [-0.05, 0) is 37.3 Å². The molecule has 0 unspecified atom stereocenters. The van der Waals surface area contributed by atoms with Gasteiger partial charge < -0.3 is 9.72 Å². The number of hydrogen-bond donors (Lipinski definition) is 1. The maximum atomic E-state index is 12.8. The first-order chi connectivity index (χ1) is 14.7. The van der Waals surface area contributed by atoms with Crippen molar-refractivity contribution in [3.05, 3.63) is 56.4 Å². The quantitative estimate of drug-likeness (QED) is 0.682. The Kier molecular flexibility index (Phi) is 5.58. The van der Waals surface area contributed by atoms with E-state index in [0.29, 0.717) is 6.54 Å². The smallest absolute Gasteiger partial charge is 0.259 e. The molecule has 0 saturated carbocycles. The molecule has 158 valence electrons. The minimum atomic E-state index is 0.0456. The van der Waals surface area contributed by atoms with Gasteiger partial charge in [0.05, 0.1) is 19.0 Å². The number of methoxy groups -OCH3 is 1. The van der Waals surface area contributed by atoms with Gasteiger partial charge in [0, 0.05) is 43.2 Å². The van der Waals surface area contributed by atoms with Crippen molar-refractivity contribution in [3.63, 3.8) is 0 Å². The molecule has 0 amide bonds. The van der Waals surface area contributed by atoms with Gasteiger partial charge in [-0.1, -0.05) is 18.2 Å². The second kappa shape index (κ2) is 8.49. The van der Waals surface area contributed by atoms with Crippen LogP contribution in [-0.4, -0.2) is 53.1 Å². The van der Waals surface area contributed by atoms with Gasteiger partial charge in [-0.25, -0.2) is 4.98 Å². The third-order valence-electron chi connectivity index (χ3n) is 6.30. The number of thiophene rings is 1. The van der Waals surface area contributed by atoms with Gasteiger partial charge in [0.25, 0.3) is 5.56 Å². The summed E-state index contributed by atoms with van der Waals surface area (Å²) in [4.78, 5) is 27.8. The number of para-hydroxylation sites is 1. The second-order valence-corrected chi connectivity index (χ2v) is 9.35. The van der Waals surface area contributed by atoms with Crippen molar-refractivity contribution in [2.24, 2.45) is 0 Å². The number of nitrogens with zero attached hydrogens (tertiary/aromatic N) is 3. The van der Waals surface area contributed by atoms with Crippen LogP contribution in [0.2, 0.25) is 0 Å². The fourth-order valence-electron chi connectivity index (χ4n) is 4.68. The summed E-state index contributed by atoms with van der Waals surface area (Å²) in [5.74, 6) is 1.75. The van der Waals surface area contributed by atoms with Crippen molar-refractivity contribution >= 4 is 21.6 Å². The van der Waals surface area contributed by atoms with E-state index in [0.717, 1.165) is 67.4 Å². The summed E-state index contributed by atoms with van der Waals surface area (Å²) in [7, 11) is 1.73. The summed E-state index contributed by atoms with van der Waals surface area (Å²) in [5, 5.41) is 0.847. The fourth-order valence-corrected chi connectivity index (χ4v) is 5.96. The van der Waals surface area contributed by atoms with Gasteiger partial charge in [0.2, 0.25) is 0 Å². The lowest BCUT2D eigenvalue weighted by molar-refractivity contribution is 0.119. The van der Waals surface area contributed by atoms with Crippen molar-refractivity contribution in [2.75, 3.05) is 33.3 Å². The summed E-state index contributed by atoms with van der Waals surface area (Å²) in [6.45, 7) is 5.54. The molecule has 0 bridgehead atoms. The topological polar surface area (TPSA) is 61.5 Å². The number of nitrogens with one attached hydrogen (secondary N) is 1. The number of benzene rings is 1. The molecule has 1 saturated heterocycles. The highest BCUT2D eigenvalue weighted by Gasteiger charge is 2.22. The molecule has 1 aliphatic carbocycles. The minimum Gasteiger partial charge on any atom is -0.496 e. The molecule has 0 atom stereocenters. The van der Waals surface area contributed by atoms with Gasteiger partial charge in [0.1, 0.15) is 16.4 Å². The van der Waals surface area contributed by atoms with Gasteiger partial charge >= 0.3 is 0 Å². The van der Waals surface area contributed by atoms with Crippen molar-refractivity contribution < 1.29 is 4.74 Å². The van der Waals surface area contributed by atoms with Crippen LogP contribution in [0.25, 0.3) is 10.2 Å². The second-order valence-electron chi connectivity index (χ2n) is 8.27. The zero-order valence-electron chi connectivity index (χ0n) is 17.4. The summed E-state index contributed by atoms with van der Waals surface area (Å²) in [6.07, 6.45) is 4.52. The van der Waals surface area contributed by atoms with Crippen LogP contribution in [0, 0.1) is 0 Å². The molecule has 2 aromatic heterocycles. The Morgan fingerprint density at radius 3 is 2.60 bits per heavy atom. The average Bonchev–Trinajstić information content (AvgIpc) is 3.14. The molecule has 1 N–H and O–H groups in total. The molecular weight excluding hydrogens is 396 g/mol. The van der Waals surface area contributed by atoms with Crippen molar-refractivity contribution in [3.8, 4) is 5.75 Å². The first-order valence-electron chi connectivity index (χ1n) is 10.8. The molecular formula is C23H28N4O2S. The predicted octanol–water partition coefficient (Wildman–Crippen LogP) is 3.19. The SMILES string of the molecule is COc1ccccc1CN1CCN(Cc2nc3sc4c(c3c(=O)[nH]2)CCCC4)CC1. The molecule has 7 heteroatoms. The van der Waals surface area contributed by atoms with E-state index >= 15 is 0 Å². The van der Waals surface area contributed by atoms with E-state index < -0.39 is 0 Å². The number of ether oxygens (including phenoxy) is 1. The lowest BCUT2D eigenvalue weighted by Gasteiger charge is -2.34. The Morgan fingerprint density at radius 2 is 1.80 bits per heavy atom. The van der Waals surface area contributed by atoms with E-state index in [9.17, 15) is 4.79 Å². The Morgan fingerprint density at radius 1 is 1.07 bits per heavy atom. The van der Waals surface area contributed by atoms with Crippen LogP contribution >= 0.6 is 11.3 Å². The number of hydrogen-bond acceptors (Lipinski definition) is 6. The van der Waals surface area contributed by atoms with Crippen LogP contribution in [0.1, 0.15) is 34.7 Å². The lowest BCUT2D eigenvalue weighted by Crippen LogP contribution is -2.45. The highest BCUT2D eigenvalue weighted by molar-refractivity contribution is 7.18. The number of fused-ring (bicyclic) bond motifs is 3. The van der Waals surface area contributed by atoms with Crippen molar-refractivity contribution in [2.45, 2.75) is 38.8 Å². The third-order valence-corrected chi connectivity index (χ3v) is 7.48. The molecule has 5 rings (SSSR count). The Balaban J connectivity index is 1.24. The minimum absolute atomic E-state index is 0.0456. The molecule has 0 radical (unpaired) electrons.